The fourth-order valence-corrected chi connectivity index (χ4v) is 4.60. The van der Waals surface area contributed by atoms with Gasteiger partial charge >= 0.3 is 6.18 Å². The average Bonchev–Trinajstić information content (AvgIpc) is 3.28. The quantitative estimate of drug-likeness (QED) is 0.845. The number of carbonyl (C=O) groups excluding carboxylic acids is 1. The van der Waals surface area contributed by atoms with Gasteiger partial charge in [0.2, 0.25) is 5.91 Å². The van der Waals surface area contributed by atoms with E-state index in [2.05, 4.69) is 32.3 Å². The van der Waals surface area contributed by atoms with Gasteiger partial charge < -0.3 is 5.32 Å². The van der Waals surface area contributed by atoms with Crippen LogP contribution >= 0.6 is 0 Å². The molecule has 1 aromatic heterocycles. The summed E-state index contributed by atoms with van der Waals surface area (Å²) in [4.78, 5) is 22.9. The minimum absolute atomic E-state index is 0.0217. The Morgan fingerprint density at radius 2 is 2.00 bits per heavy atom. The Balaban J connectivity index is 1.46. The Kier molecular flexibility index (Phi) is 5.29. The first-order valence-corrected chi connectivity index (χ1v) is 9.83. The van der Waals surface area contributed by atoms with Crippen molar-refractivity contribution in [2.75, 3.05) is 6.54 Å². The number of fused-ring (bicyclic) bond motifs is 1. The van der Waals surface area contributed by atoms with Crippen LogP contribution in [0.5, 0.6) is 0 Å². The van der Waals surface area contributed by atoms with Crippen LogP contribution in [0, 0.1) is 12.8 Å². The number of nitrogens with one attached hydrogen (secondary N) is 1. The summed E-state index contributed by atoms with van der Waals surface area (Å²) in [5.74, 6) is -0.347. The first-order chi connectivity index (χ1) is 13.8. The van der Waals surface area contributed by atoms with E-state index >= 15 is 0 Å². The molecule has 1 amide bonds. The van der Waals surface area contributed by atoms with E-state index < -0.39 is 11.9 Å². The molecule has 0 saturated carbocycles. The van der Waals surface area contributed by atoms with Crippen molar-refractivity contribution < 1.29 is 18.0 Å². The second-order valence-corrected chi connectivity index (χ2v) is 7.74. The third-order valence-electron chi connectivity index (χ3n) is 5.82. The van der Waals surface area contributed by atoms with Crippen LogP contribution in [0.1, 0.15) is 48.1 Å². The maximum Gasteiger partial charge on any atom is 0.433 e. The molecule has 29 heavy (non-hydrogen) atoms. The minimum Gasteiger partial charge on any atom is -0.349 e. The number of nitrogens with zero attached hydrogens (tertiary/aromatic N) is 3. The molecule has 5 nitrogen and oxygen atoms in total. The zero-order valence-corrected chi connectivity index (χ0v) is 16.1. The van der Waals surface area contributed by atoms with Crippen LogP contribution in [0.2, 0.25) is 0 Å². The van der Waals surface area contributed by atoms with E-state index in [0.717, 1.165) is 25.5 Å². The molecule has 0 radical (unpaired) electrons. The zero-order valence-electron chi connectivity index (χ0n) is 16.1. The molecule has 0 spiro atoms. The average molecular weight is 404 g/mol. The van der Waals surface area contributed by atoms with Gasteiger partial charge in [-0.05, 0) is 44.4 Å². The molecular weight excluding hydrogens is 381 g/mol. The summed E-state index contributed by atoms with van der Waals surface area (Å²) in [6.07, 6.45) is -1.82. The number of aromatic nitrogens is 2. The Morgan fingerprint density at radius 3 is 2.72 bits per heavy atom. The van der Waals surface area contributed by atoms with Gasteiger partial charge in [0.15, 0.2) is 0 Å². The van der Waals surface area contributed by atoms with E-state index in [-0.39, 0.29) is 42.0 Å². The number of benzene rings is 1. The lowest BCUT2D eigenvalue weighted by Gasteiger charge is -2.24. The van der Waals surface area contributed by atoms with Gasteiger partial charge in [-0.2, -0.15) is 13.2 Å². The van der Waals surface area contributed by atoms with Gasteiger partial charge in [-0.15, -0.1) is 0 Å². The van der Waals surface area contributed by atoms with Gasteiger partial charge in [0.05, 0.1) is 12.5 Å². The van der Waals surface area contributed by atoms with Crippen LogP contribution in [0.15, 0.2) is 36.4 Å². The van der Waals surface area contributed by atoms with E-state index in [1.165, 1.54) is 12.5 Å². The molecule has 4 rings (SSSR count). The molecule has 154 valence electrons. The highest BCUT2D eigenvalue weighted by atomic mass is 19.4. The Hall–Kier alpha value is -2.48. The summed E-state index contributed by atoms with van der Waals surface area (Å²) in [7, 11) is 0. The smallest absolute Gasteiger partial charge is 0.349 e. The lowest BCUT2D eigenvalue weighted by atomic mass is 9.93. The third kappa shape index (κ3) is 4.12. The number of hydrogen-bond donors (Lipinski definition) is 1. The van der Waals surface area contributed by atoms with Crippen LogP contribution in [0.4, 0.5) is 13.2 Å². The van der Waals surface area contributed by atoms with E-state index in [1.54, 1.807) is 0 Å². The molecule has 2 aliphatic heterocycles. The second kappa shape index (κ2) is 7.74. The highest BCUT2D eigenvalue weighted by Gasteiger charge is 2.47. The maximum atomic E-state index is 13.0. The minimum atomic E-state index is -4.54. The molecule has 3 atom stereocenters. The monoisotopic (exact) mass is 404 g/mol. The van der Waals surface area contributed by atoms with Gasteiger partial charge in [0, 0.05) is 17.8 Å². The Labute approximate surface area is 167 Å². The number of carbonyl (C=O) groups is 1. The summed E-state index contributed by atoms with van der Waals surface area (Å²) in [5.41, 5.74) is 0.441. The highest BCUT2D eigenvalue weighted by molar-refractivity contribution is 5.80. The molecular formula is C21H23F3N4O. The molecule has 1 N–H and O–H groups in total. The fraction of sp³-hybridized carbons (Fsp3) is 0.476. The van der Waals surface area contributed by atoms with Gasteiger partial charge in [0.1, 0.15) is 11.5 Å². The lowest BCUT2D eigenvalue weighted by molar-refractivity contribution is -0.141. The Morgan fingerprint density at radius 1 is 1.24 bits per heavy atom. The van der Waals surface area contributed by atoms with Crippen LogP contribution in [-0.4, -0.2) is 33.4 Å². The molecule has 2 saturated heterocycles. The van der Waals surface area contributed by atoms with E-state index in [0.29, 0.717) is 6.42 Å². The molecule has 3 heterocycles. The summed E-state index contributed by atoms with van der Waals surface area (Å²) < 4.78 is 38.9. The molecule has 0 aliphatic carbocycles. The lowest BCUT2D eigenvalue weighted by Crippen LogP contribution is -2.37. The number of alkyl halides is 3. The first kappa shape index (κ1) is 19.8. The first-order valence-electron chi connectivity index (χ1n) is 9.83. The second-order valence-electron chi connectivity index (χ2n) is 7.74. The normalized spacial score (nSPS) is 24.5. The number of aryl methyl sites for hydroxylation is 1. The van der Waals surface area contributed by atoms with Crippen molar-refractivity contribution in [3.05, 3.63) is 59.2 Å². The highest BCUT2D eigenvalue weighted by Crippen LogP contribution is 2.44. The summed E-state index contributed by atoms with van der Waals surface area (Å²) >= 11 is 0. The van der Waals surface area contributed by atoms with Crippen molar-refractivity contribution in [3.63, 3.8) is 0 Å². The van der Waals surface area contributed by atoms with Gasteiger partial charge in [-0.3, -0.25) is 9.69 Å². The van der Waals surface area contributed by atoms with Crippen molar-refractivity contribution in [1.29, 1.82) is 0 Å². The predicted molar refractivity (Wildman–Crippen MR) is 101 cm³/mol. The predicted octanol–water partition coefficient (Wildman–Crippen LogP) is 3.65. The summed E-state index contributed by atoms with van der Waals surface area (Å²) in [5, 5.41) is 2.77. The van der Waals surface area contributed by atoms with Gasteiger partial charge in [-0.25, -0.2) is 9.97 Å². The van der Waals surface area contributed by atoms with Crippen LogP contribution in [-0.2, 0) is 17.5 Å². The number of halogens is 3. The molecule has 1 aromatic carbocycles. The molecule has 2 fully saturated rings. The van der Waals surface area contributed by atoms with Gasteiger partial charge in [0.25, 0.3) is 0 Å². The standard InChI is InChI=1S/C21H23F3N4O/c1-13-10-18(21(22,23)24)27-19(26-13)12-25-20(29)15-11-17(14-6-3-2-4-7-14)28-9-5-8-16(15)28/h2-4,6-7,10,15-17H,5,8-9,11-12H2,1H3,(H,25,29)/t15-,16+,17-/m0/s1. The summed E-state index contributed by atoms with van der Waals surface area (Å²) in [6, 6.07) is 11.4. The fourth-order valence-electron chi connectivity index (χ4n) is 4.60. The van der Waals surface area contributed by atoms with Crippen molar-refractivity contribution in [2.45, 2.75) is 51.0 Å². The van der Waals surface area contributed by atoms with E-state index in [1.807, 2.05) is 18.2 Å². The zero-order chi connectivity index (χ0) is 20.6. The number of amides is 1. The number of rotatable bonds is 4. The molecule has 2 aromatic rings. The summed E-state index contributed by atoms with van der Waals surface area (Å²) in [6.45, 7) is 2.34. The molecule has 8 heteroatoms. The van der Waals surface area contributed by atoms with Crippen LogP contribution in [0.3, 0.4) is 0 Å². The largest absolute Gasteiger partial charge is 0.433 e. The van der Waals surface area contributed by atoms with Crippen molar-refractivity contribution >= 4 is 5.91 Å². The van der Waals surface area contributed by atoms with Crippen molar-refractivity contribution in [1.82, 2.24) is 20.2 Å². The Bertz CT molecular complexity index is 887. The van der Waals surface area contributed by atoms with Crippen LogP contribution < -0.4 is 5.32 Å². The molecule has 2 aliphatic rings. The number of hydrogen-bond acceptors (Lipinski definition) is 4. The SMILES string of the molecule is Cc1cc(C(F)(F)F)nc(CNC(=O)[C@H]2C[C@@H](c3ccccc3)N3CCC[C@H]23)n1. The van der Waals surface area contributed by atoms with Gasteiger partial charge in [-0.1, -0.05) is 30.3 Å². The van der Waals surface area contributed by atoms with Crippen molar-refractivity contribution in [2.24, 2.45) is 5.92 Å². The molecule has 0 unspecified atom stereocenters. The van der Waals surface area contributed by atoms with E-state index in [9.17, 15) is 18.0 Å². The molecule has 0 bridgehead atoms. The maximum absolute atomic E-state index is 13.0. The van der Waals surface area contributed by atoms with Crippen LogP contribution in [0.25, 0.3) is 0 Å². The topological polar surface area (TPSA) is 58.1 Å². The third-order valence-corrected chi connectivity index (χ3v) is 5.82. The van der Waals surface area contributed by atoms with Crippen molar-refractivity contribution in [3.8, 4) is 0 Å². The van der Waals surface area contributed by atoms with E-state index in [4.69, 9.17) is 0 Å².